The molecule has 0 radical (unpaired) electrons. The number of carboxylic acid groups (broad SMARTS) is 1. The van der Waals surface area contributed by atoms with E-state index in [1.807, 2.05) is 6.07 Å². The Morgan fingerprint density at radius 3 is 2.80 bits per heavy atom. The van der Waals surface area contributed by atoms with Crippen LogP contribution in [0.3, 0.4) is 0 Å². The number of carbonyl (C=O) groups is 1. The minimum absolute atomic E-state index is 0.321. The fraction of sp³-hybridized carbons (Fsp3) is 0.364. The molecule has 1 aromatic rings. The van der Waals surface area contributed by atoms with Crippen LogP contribution in [0.4, 0.5) is 0 Å². The maximum Gasteiger partial charge on any atom is 0.335 e. The molecule has 0 saturated carbocycles. The number of hydrogen-bond donors (Lipinski definition) is 1. The van der Waals surface area contributed by atoms with Crippen molar-refractivity contribution in [2.75, 3.05) is 5.75 Å². The van der Waals surface area contributed by atoms with Crippen molar-refractivity contribution in [2.45, 2.75) is 24.7 Å². The Balaban J connectivity index is 2.70. The van der Waals surface area contributed by atoms with E-state index in [0.29, 0.717) is 5.56 Å². The maximum absolute atomic E-state index is 10.7. The molecule has 15 heavy (non-hydrogen) atoms. The van der Waals surface area contributed by atoms with Gasteiger partial charge in [-0.25, -0.2) is 4.79 Å². The molecule has 0 atom stereocenters. The van der Waals surface area contributed by atoms with Gasteiger partial charge in [0.15, 0.2) is 0 Å². The van der Waals surface area contributed by atoms with Gasteiger partial charge in [0.1, 0.15) is 0 Å². The van der Waals surface area contributed by atoms with Gasteiger partial charge in [-0.15, -0.1) is 11.8 Å². The standard InChI is InChI=1S/C11H13BrO2S/c1-2-3-6-15-10-5-4-8(11(13)14)7-9(10)12/h4-5,7H,2-3,6H2,1H3,(H,13,14). The smallest absolute Gasteiger partial charge is 0.335 e. The number of unbranched alkanes of at least 4 members (excludes halogenated alkanes) is 1. The van der Waals surface area contributed by atoms with E-state index in [0.717, 1.165) is 15.1 Å². The Bertz CT molecular complexity index is 352. The van der Waals surface area contributed by atoms with E-state index in [1.165, 1.54) is 12.8 Å². The highest BCUT2D eigenvalue weighted by molar-refractivity contribution is 9.10. The Hall–Kier alpha value is -0.480. The first-order chi connectivity index (χ1) is 7.15. The number of hydrogen-bond acceptors (Lipinski definition) is 2. The van der Waals surface area contributed by atoms with Gasteiger partial charge in [-0.3, -0.25) is 0 Å². The summed E-state index contributed by atoms with van der Waals surface area (Å²) in [5.74, 6) is 0.183. The van der Waals surface area contributed by atoms with Crippen LogP contribution in [0.5, 0.6) is 0 Å². The molecule has 0 aliphatic rings. The van der Waals surface area contributed by atoms with Crippen LogP contribution in [-0.2, 0) is 0 Å². The average molecular weight is 289 g/mol. The first kappa shape index (κ1) is 12.6. The van der Waals surface area contributed by atoms with Crippen LogP contribution in [0.2, 0.25) is 0 Å². The topological polar surface area (TPSA) is 37.3 Å². The molecule has 0 amide bonds. The highest BCUT2D eigenvalue weighted by atomic mass is 79.9. The number of benzene rings is 1. The Morgan fingerprint density at radius 1 is 1.53 bits per heavy atom. The number of carboxylic acids is 1. The second-order valence-corrected chi connectivity index (χ2v) is 5.14. The van der Waals surface area contributed by atoms with Crippen LogP contribution in [0.25, 0.3) is 0 Å². The second kappa shape index (κ2) is 6.18. The first-order valence-corrected chi connectivity index (χ1v) is 6.58. The van der Waals surface area contributed by atoms with Gasteiger partial charge < -0.3 is 5.11 Å². The Labute approximate surface area is 102 Å². The molecular formula is C11H13BrO2S. The molecule has 0 saturated heterocycles. The molecule has 0 unspecified atom stereocenters. The summed E-state index contributed by atoms with van der Waals surface area (Å²) in [6.45, 7) is 2.16. The van der Waals surface area contributed by atoms with Gasteiger partial charge in [-0.2, -0.15) is 0 Å². The third-order valence-electron chi connectivity index (χ3n) is 1.93. The molecule has 0 aliphatic heterocycles. The number of halogens is 1. The number of rotatable bonds is 5. The zero-order valence-corrected chi connectivity index (χ0v) is 10.9. The summed E-state index contributed by atoms with van der Waals surface area (Å²) in [4.78, 5) is 11.8. The van der Waals surface area contributed by atoms with E-state index in [9.17, 15) is 4.79 Å². The predicted molar refractivity (Wildman–Crippen MR) is 66.7 cm³/mol. The highest BCUT2D eigenvalue weighted by Gasteiger charge is 2.06. The highest BCUT2D eigenvalue weighted by Crippen LogP contribution is 2.29. The van der Waals surface area contributed by atoms with Crippen molar-refractivity contribution in [3.63, 3.8) is 0 Å². The van der Waals surface area contributed by atoms with E-state index in [4.69, 9.17) is 5.11 Å². The maximum atomic E-state index is 10.7. The van der Waals surface area contributed by atoms with Crippen molar-refractivity contribution in [2.24, 2.45) is 0 Å². The largest absolute Gasteiger partial charge is 0.478 e. The monoisotopic (exact) mass is 288 g/mol. The minimum Gasteiger partial charge on any atom is -0.478 e. The van der Waals surface area contributed by atoms with Crippen molar-refractivity contribution >= 4 is 33.7 Å². The zero-order chi connectivity index (χ0) is 11.3. The summed E-state index contributed by atoms with van der Waals surface area (Å²) >= 11 is 5.14. The Morgan fingerprint density at radius 2 is 2.27 bits per heavy atom. The van der Waals surface area contributed by atoms with Crippen LogP contribution < -0.4 is 0 Å². The van der Waals surface area contributed by atoms with Crippen molar-refractivity contribution in [1.29, 1.82) is 0 Å². The van der Waals surface area contributed by atoms with Crippen molar-refractivity contribution in [3.05, 3.63) is 28.2 Å². The molecule has 1 aromatic carbocycles. The van der Waals surface area contributed by atoms with Crippen LogP contribution in [0, 0.1) is 0 Å². The second-order valence-electron chi connectivity index (χ2n) is 3.15. The summed E-state index contributed by atoms with van der Waals surface area (Å²) in [6.07, 6.45) is 2.36. The SMILES string of the molecule is CCCCSc1ccc(C(=O)O)cc1Br. The summed E-state index contributed by atoms with van der Waals surface area (Å²) in [5.41, 5.74) is 0.321. The van der Waals surface area contributed by atoms with E-state index in [1.54, 1.807) is 23.9 Å². The molecule has 0 heterocycles. The lowest BCUT2D eigenvalue weighted by atomic mass is 10.2. The lowest BCUT2D eigenvalue weighted by Gasteiger charge is -2.04. The number of aromatic carboxylic acids is 1. The third kappa shape index (κ3) is 3.87. The molecular weight excluding hydrogens is 276 g/mol. The number of thioether (sulfide) groups is 1. The molecule has 1 N–H and O–H groups in total. The van der Waals surface area contributed by atoms with Crippen LogP contribution in [-0.4, -0.2) is 16.8 Å². The molecule has 0 bridgehead atoms. The normalized spacial score (nSPS) is 10.3. The van der Waals surface area contributed by atoms with Crippen LogP contribution >= 0.6 is 27.7 Å². The van der Waals surface area contributed by atoms with Crippen molar-refractivity contribution in [3.8, 4) is 0 Å². The summed E-state index contributed by atoms with van der Waals surface area (Å²) in [7, 11) is 0. The van der Waals surface area contributed by atoms with Crippen molar-refractivity contribution in [1.82, 2.24) is 0 Å². The first-order valence-electron chi connectivity index (χ1n) is 4.80. The average Bonchev–Trinajstić information content (AvgIpc) is 2.20. The van der Waals surface area contributed by atoms with Gasteiger partial charge in [-0.05, 0) is 46.3 Å². The molecule has 4 heteroatoms. The molecule has 0 spiro atoms. The fourth-order valence-corrected chi connectivity index (χ4v) is 2.81. The molecule has 1 rings (SSSR count). The summed E-state index contributed by atoms with van der Waals surface area (Å²) in [6, 6.07) is 5.14. The van der Waals surface area contributed by atoms with E-state index >= 15 is 0 Å². The molecule has 0 aliphatic carbocycles. The van der Waals surface area contributed by atoms with Gasteiger partial charge in [0.05, 0.1) is 5.56 Å². The van der Waals surface area contributed by atoms with E-state index in [2.05, 4.69) is 22.9 Å². The van der Waals surface area contributed by atoms with Gasteiger partial charge in [0, 0.05) is 9.37 Å². The Kier molecular flexibility index (Phi) is 5.19. The van der Waals surface area contributed by atoms with Gasteiger partial charge in [0.25, 0.3) is 0 Å². The lowest BCUT2D eigenvalue weighted by molar-refractivity contribution is 0.0696. The quantitative estimate of drug-likeness (QED) is 0.656. The van der Waals surface area contributed by atoms with E-state index < -0.39 is 5.97 Å². The fourth-order valence-electron chi connectivity index (χ4n) is 1.08. The zero-order valence-electron chi connectivity index (χ0n) is 8.50. The summed E-state index contributed by atoms with van der Waals surface area (Å²) < 4.78 is 0.864. The molecule has 2 nitrogen and oxygen atoms in total. The summed E-state index contributed by atoms with van der Waals surface area (Å²) in [5, 5.41) is 8.79. The third-order valence-corrected chi connectivity index (χ3v) is 4.01. The van der Waals surface area contributed by atoms with E-state index in [-0.39, 0.29) is 0 Å². The van der Waals surface area contributed by atoms with Crippen molar-refractivity contribution < 1.29 is 9.90 Å². The van der Waals surface area contributed by atoms with Gasteiger partial charge in [-0.1, -0.05) is 13.3 Å². The predicted octanol–water partition coefficient (Wildman–Crippen LogP) is 4.04. The molecule has 82 valence electrons. The lowest BCUT2D eigenvalue weighted by Crippen LogP contribution is -1.95. The molecule has 0 aromatic heterocycles. The van der Waals surface area contributed by atoms with Crippen LogP contribution in [0.1, 0.15) is 30.1 Å². The van der Waals surface area contributed by atoms with Gasteiger partial charge in [0.2, 0.25) is 0 Å². The van der Waals surface area contributed by atoms with Gasteiger partial charge >= 0.3 is 5.97 Å². The molecule has 0 fully saturated rings. The minimum atomic E-state index is -0.888. The van der Waals surface area contributed by atoms with Crippen LogP contribution in [0.15, 0.2) is 27.6 Å².